The molecule has 1 amide bonds. The van der Waals surface area contributed by atoms with Crippen molar-refractivity contribution in [2.24, 2.45) is 0 Å². The molecule has 5 rings (SSSR count). The number of ether oxygens (including phenoxy) is 2. The first-order valence-corrected chi connectivity index (χ1v) is 13.0. The average Bonchev–Trinajstić information content (AvgIpc) is 2.88. The van der Waals surface area contributed by atoms with Crippen LogP contribution < -0.4 is 19.1 Å². The lowest BCUT2D eigenvalue weighted by Gasteiger charge is -2.36. The van der Waals surface area contributed by atoms with Crippen LogP contribution in [-0.4, -0.2) is 58.6 Å². The molecule has 0 aliphatic carbocycles. The summed E-state index contributed by atoms with van der Waals surface area (Å²) in [5.74, 6) is 0.799. The van der Waals surface area contributed by atoms with Gasteiger partial charge in [-0.25, -0.2) is 8.42 Å². The van der Waals surface area contributed by atoms with E-state index in [0.29, 0.717) is 49.1 Å². The molecule has 1 N–H and O–H groups in total. The van der Waals surface area contributed by atoms with Crippen LogP contribution in [0.2, 0.25) is 0 Å². The van der Waals surface area contributed by atoms with Crippen molar-refractivity contribution < 1.29 is 22.7 Å². The maximum Gasteiger partial charge on any atom is 0.262 e. The summed E-state index contributed by atoms with van der Waals surface area (Å²) in [7, 11) is -3.87. The molecule has 9 heteroatoms. The molecule has 35 heavy (non-hydrogen) atoms. The number of nitrogens with zero attached hydrogens (tertiary/aromatic N) is 2. The molecule has 0 saturated carbocycles. The molecular weight excluding hydrogens is 466 g/mol. The van der Waals surface area contributed by atoms with Crippen LogP contribution in [0.25, 0.3) is 0 Å². The third-order valence-electron chi connectivity index (χ3n) is 6.12. The van der Waals surface area contributed by atoms with E-state index in [1.807, 2.05) is 6.07 Å². The molecule has 2 heterocycles. The number of benzene rings is 3. The second-order valence-corrected chi connectivity index (χ2v) is 10.3. The molecule has 182 valence electrons. The lowest BCUT2D eigenvalue weighted by atomic mass is 10.1. The Morgan fingerprint density at radius 1 is 0.857 bits per heavy atom. The quantitative estimate of drug-likeness (QED) is 0.585. The minimum atomic E-state index is -3.87. The first kappa shape index (κ1) is 23.0. The van der Waals surface area contributed by atoms with E-state index in [0.717, 1.165) is 18.8 Å². The van der Waals surface area contributed by atoms with E-state index in [9.17, 15) is 13.2 Å². The van der Waals surface area contributed by atoms with Gasteiger partial charge >= 0.3 is 0 Å². The van der Waals surface area contributed by atoms with Crippen molar-refractivity contribution in [3.05, 3.63) is 77.9 Å². The van der Waals surface area contributed by atoms with Crippen molar-refractivity contribution in [1.29, 1.82) is 0 Å². The minimum absolute atomic E-state index is 0.0609. The van der Waals surface area contributed by atoms with Crippen molar-refractivity contribution >= 4 is 27.3 Å². The van der Waals surface area contributed by atoms with Crippen LogP contribution in [0.4, 0.5) is 11.4 Å². The van der Waals surface area contributed by atoms with Gasteiger partial charge in [-0.1, -0.05) is 18.2 Å². The van der Waals surface area contributed by atoms with Gasteiger partial charge in [0.1, 0.15) is 13.2 Å². The Bertz CT molecular complexity index is 1350. The Labute approximate surface area is 205 Å². The number of rotatable bonds is 5. The average molecular weight is 494 g/mol. The Morgan fingerprint density at radius 2 is 1.60 bits per heavy atom. The van der Waals surface area contributed by atoms with Crippen LogP contribution in [0.15, 0.2) is 71.6 Å². The molecule has 2 aliphatic heterocycles. The van der Waals surface area contributed by atoms with Crippen molar-refractivity contribution in [2.75, 3.05) is 49.0 Å². The molecular formula is C26H27N3O5S. The highest BCUT2D eigenvalue weighted by molar-refractivity contribution is 7.92. The number of carbonyl (C=O) groups is 1. The molecule has 8 nitrogen and oxygen atoms in total. The van der Waals surface area contributed by atoms with Gasteiger partial charge in [-0.15, -0.1) is 0 Å². The van der Waals surface area contributed by atoms with Crippen molar-refractivity contribution in [3.63, 3.8) is 0 Å². The minimum Gasteiger partial charge on any atom is -0.486 e. The van der Waals surface area contributed by atoms with Crippen molar-refractivity contribution in [3.8, 4) is 11.5 Å². The molecule has 0 unspecified atom stereocenters. The highest BCUT2D eigenvalue weighted by Gasteiger charge is 2.24. The monoisotopic (exact) mass is 493 g/mol. The number of fused-ring (bicyclic) bond motifs is 1. The third kappa shape index (κ3) is 5.05. The first-order chi connectivity index (χ1) is 16.9. The van der Waals surface area contributed by atoms with E-state index in [2.05, 4.69) is 34.7 Å². The van der Waals surface area contributed by atoms with Crippen molar-refractivity contribution in [2.45, 2.75) is 11.8 Å². The number of sulfonamides is 1. The second-order valence-electron chi connectivity index (χ2n) is 8.61. The highest BCUT2D eigenvalue weighted by Crippen LogP contribution is 2.33. The molecule has 0 bridgehead atoms. The van der Waals surface area contributed by atoms with Gasteiger partial charge in [0.05, 0.1) is 4.90 Å². The fourth-order valence-corrected chi connectivity index (χ4v) is 5.36. The first-order valence-electron chi connectivity index (χ1n) is 11.5. The molecule has 1 saturated heterocycles. The Kier molecular flexibility index (Phi) is 6.25. The topological polar surface area (TPSA) is 88.2 Å². The number of amides is 1. The lowest BCUT2D eigenvalue weighted by Crippen LogP contribution is -2.48. The standard InChI is InChI=1S/C26H27N3O5S/c1-19-4-2-7-22(16-19)28-10-12-29(13-11-28)26(30)20-5-3-6-21(17-20)27-35(31,32)23-8-9-24-25(18-23)34-15-14-33-24/h2-9,16-18,27H,10-15H2,1H3. The fraction of sp³-hybridized carbons (Fsp3) is 0.269. The molecule has 0 aromatic heterocycles. The van der Waals surface area contributed by atoms with Crippen LogP contribution in [0.1, 0.15) is 15.9 Å². The molecule has 2 aliphatic rings. The van der Waals surface area contributed by atoms with E-state index in [4.69, 9.17) is 9.47 Å². The predicted octanol–water partition coefficient (Wildman–Crippen LogP) is 3.53. The fourth-order valence-electron chi connectivity index (χ4n) is 4.30. The number of hydrogen-bond donors (Lipinski definition) is 1. The number of aryl methyl sites for hydroxylation is 1. The molecule has 0 atom stereocenters. The SMILES string of the molecule is Cc1cccc(N2CCN(C(=O)c3cccc(NS(=O)(=O)c4ccc5c(c4)OCCO5)c3)CC2)c1. The predicted molar refractivity (Wildman–Crippen MR) is 134 cm³/mol. The maximum absolute atomic E-state index is 13.1. The molecule has 0 spiro atoms. The number of nitrogens with one attached hydrogen (secondary N) is 1. The van der Waals surface area contributed by atoms with E-state index in [1.54, 1.807) is 35.2 Å². The van der Waals surface area contributed by atoms with Crippen LogP contribution >= 0.6 is 0 Å². The zero-order chi connectivity index (χ0) is 24.4. The summed E-state index contributed by atoms with van der Waals surface area (Å²) in [6, 6.07) is 19.4. The van der Waals surface area contributed by atoms with Crippen LogP contribution in [-0.2, 0) is 10.0 Å². The van der Waals surface area contributed by atoms with E-state index >= 15 is 0 Å². The van der Waals surface area contributed by atoms with Crippen molar-refractivity contribution in [1.82, 2.24) is 4.90 Å². The Balaban J connectivity index is 1.26. The van der Waals surface area contributed by atoms with Gasteiger partial charge < -0.3 is 19.3 Å². The zero-order valence-corrected chi connectivity index (χ0v) is 20.3. The summed E-state index contributed by atoms with van der Waals surface area (Å²) in [5, 5.41) is 0. The van der Waals surface area contributed by atoms with Gasteiger partial charge in [0.2, 0.25) is 0 Å². The molecule has 3 aromatic rings. The number of anilines is 2. The Morgan fingerprint density at radius 3 is 2.37 bits per heavy atom. The van der Waals surface area contributed by atoms with Gasteiger partial charge in [-0.2, -0.15) is 0 Å². The summed E-state index contributed by atoms with van der Waals surface area (Å²) in [4.78, 5) is 17.3. The summed E-state index contributed by atoms with van der Waals surface area (Å²) < 4.78 is 39.4. The number of carbonyl (C=O) groups excluding carboxylic acids is 1. The lowest BCUT2D eigenvalue weighted by molar-refractivity contribution is 0.0747. The molecule has 1 fully saturated rings. The van der Waals surface area contributed by atoms with Crippen LogP contribution in [0.3, 0.4) is 0 Å². The largest absolute Gasteiger partial charge is 0.486 e. The van der Waals surface area contributed by atoms with E-state index in [1.165, 1.54) is 17.7 Å². The van der Waals surface area contributed by atoms with Crippen LogP contribution in [0, 0.1) is 6.92 Å². The Hall–Kier alpha value is -3.72. The van der Waals surface area contributed by atoms with Gasteiger partial charge in [-0.05, 0) is 55.0 Å². The van der Waals surface area contributed by atoms with Crippen LogP contribution in [0.5, 0.6) is 11.5 Å². The summed E-state index contributed by atoms with van der Waals surface area (Å²) in [6.07, 6.45) is 0. The number of hydrogen-bond acceptors (Lipinski definition) is 6. The molecule has 0 radical (unpaired) electrons. The summed E-state index contributed by atoms with van der Waals surface area (Å²) >= 11 is 0. The highest BCUT2D eigenvalue weighted by atomic mass is 32.2. The zero-order valence-electron chi connectivity index (χ0n) is 19.4. The molecule has 3 aromatic carbocycles. The third-order valence-corrected chi connectivity index (χ3v) is 7.50. The van der Waals surface area contributed by atoms with Gasteiger partial charge in [-0.3, -0.25) is 9.52 Å². The second kappa shape index (κ2) is 9.50. The maximum atomic E-state index is 13.1. The van der Waals surface area contributed by atoms with E-state index in [-0.39, 0.29) is 10.8 Å². The van der Waals surface area contributed by atoms with E-state index < -0.39 is 10.0 Å². The van der Waals surface area contributed by atoms with Gasteiger partial charge in [0.15, 0.2) is 11.5 Å². The summed E-state index contributed by atoms with van der Waals surface area (Å²) in [5.41, 5.74) is 3.13. The smallest absolute Gasteiger partial charge is 0.262 e. The van der Waals surface area contributed by atoms with Gasteiger partial charge in [0.25, 0.3) is 15.9 Å². The van der Waals surface area contributed by atoms with Gasteiger partial charge in [0, 0.05) is 49.2 Å². The summed E-state index contributed by atoms with van der Waals surface area (Å²) in [6.45, 7) is 5.54. The normalized spacial score (nSPS) is 15.6. The number of piperazine rings is 1.